The quantitative estimate of drug-likeness (QED) is 0.259. The summed E-state index contributed by atoms with van der Waals surface area (Å²) in [5.41, 5.74) is 1.19. The van der Waals surface area contributed by atoms with Crippen molar-refractivity contribution in [2.24, 2.45) is 0 Å². The van der Waals surface area contributed by atoms with Gasteiger partial charge in [0.05, 0.1) is 39.0 Å². The van der Waals surface area contributed by atoms with Crippen LogP contribution in [0.2, 0.25) is 0 Å². The number of nitrogens with zero attached hydrogens (tertiary/aromatic N) is 1. The van der Waals surface area contributed by atoms with Gasteiger partial charge in [-0.1, -0.05) is 18.2 Å². The van der Waals surface area contributed by atoms with E-state index in [4.69, 9.17) is 18.9 Å². The molecular formula is C29H29NO7. The number of anilines is 1. The lowest BCUT2D eigenvalue weighted by Crippen LogP contribution is -2.29. The molecule has 1 atom stereocenters. The number of rotatable bonds is 8. The van der Waals surface area contributed by atoms with Crippen LogP contribution in [0.3, 0.4) is 0 Å². The molecule has 8 heteroatoms. The van der Waals surface area contributed by atoms with E-state index in [0.29, 0.717) is 34.2 Å². The number of methoxy groups -OCH3 is 3. The summed E-state index contributed by atoms with van der Waals surface area (Å²) < 4.78 is 21.9. The Bertz CT molecular complexity index is 1310. The number of aliphatic hydroxyl groups is 1. The predicted molar refractivity (Wildman–Crippen MR) is 140 cm³/mol. The molecule has 1 fully saturated rings. The van der Waals surface area contributed by atoms with Gasteiger partial charge >= 0.3 is 0 Å². The molecule has 1 heterocycles. The Morgan fingerprint density at radius 3 is 1.89 bits per heavy atom. The van der Waals surface area contributed by atoms with Crippen molar-refractivity contribution in [1.82, 2.24) is 0 Å². The number of carbonyl (C=O) groups is 2. The van der Waals surface area contributed by atoms with Crippen LogP contribution in [0, 0.1) is 0 Å². The smallest absolute Gasteiger partial charge is 0.300 e. The second kappa shape index (κ2) is 10.7. The van der Waals surface area contributed by atoms with Crippen LogP contribution in [0.25, 0.3) is 5.76 Å². The summed E-state index contributed by atoms with van der Waals surface area (Å²) in [4.78, 5) is 28.3. The van der Waals surface area contributed by atoms with Gasteiger partial charge in [0.2, 0.25) is 0 Å². The number of ether oxygens (including phenoxy) is 4. The van der Waals surface area contributed by atoms with Crippen LogP contribution in [0.1, 0.15) is 31.0 Å². The first-order chi connectivity index (χ1) is 17.8. The fourth-order valence-corrected chi connectivity index (χ4v) is 4.38. The molecule has 0 aliphatic carbocycles. The molecule has 0 aromatic heterocycles. The Labute approximate surface area is 215 Å². The maximum Gasteiger partial charge on any atom is 0.300 e. The van der Waals surface area contributed by atoms with Crippen LogP contribution >= 0.6 is 0 Å². The number of aliphatic hydroxyl groups excluding tert-OH is 1. The largest absolute Gasteiger partial charge is 0.506 e. The third-order valence-electron chi connectivity index (χ3n) is 6.03. The molecule has 0 radical (unpaired) electrons. The zero-order chi connectivity index (χ0) is 26.7. The summed E-state index contributed by atoms with van der Waals surface area (Å²) in [6, 6.07) is 18.0. The van der Waals surface area contributed by atoms with Gasteiger partial charge in [0.25, 0.3) is 11.7 Å². The number of Topliss-reactive ketones (excluding diaryl/α,β-unsaturated/α-hetero) is 1. The highest BCUT2D eigenvalue weighted by molar-refractivity contribution is 6.51. The second-order valence-electron chi connectivity index (χ2n) is 8.64. The van der Waals surface area contributed by atoms with Crippen molar-refractivity contribution in [2.75, 3.05) is 26.2 Å². The first-order valence-corrected chi connectivity index (χ1v) is 11.7. The lowest BCUT2D eigenvalue weighted by molar-refractivity contribution is -0.132. The van der Waals surface area contributed by atoms with Crippen molar-refractivity contribution in [3.63, 3.8) is 0 Å². The number of hydrogen-bond donors (Lipinski definition) is 1. The van der Waals surface area contributed by atoms with Crippen LogP contribution in [0.15, 0.2) is 72.3 Å². The van der Waals surface area contributed by atoms with E-state index < -0.39 is 23.5 Å². The molecule has 4 rings (SSSR count). The number of benzene rings is 3. The molecule has 1 aliphatic rings. The van der Waals surface area contributed by atoms with E-state index in [1.807, 2.05) is 13.8 Å². The molecule has 0 bridgehead atoms. The Kier molecular flexibility index (Phi) is 7.38. The normalized spacial score (nSPS) is 16.7. The average molecular weight is 504 g/mol. The Balaban J connectivity index is 1.93. The third-order valence-corrected chi connectivity index (χ3v) is 6.03. The lowest BCUT2D eigenvalue weighted by atomic mass is 9.94. The van der Waals surface area contributed by atoms with Crippen LogP contribution in [0.5, 0.6) is 23.0 Å². The highest BCUT2D eigenvalue weighted by atomic mass is 16.5. The Morgan fingerprint density at radius 2 is 1.38 bits per heavy atom. The second-order valence-corrected chi connectivity index (χ2v) is 8.64. The van der Waals surface area contributed by atoms with E-state index in [1.54, 1.807) is 73.8 Å². The lowest BCUT2D eigenvalue weighted by Gasteiger charge is -2.26. The first-order valence-electron chi connectivity index (χ1n) is 11.7. The standard InChI is InChI=1S/C29H29NO7/c1-17(2)37-21-15-11-19(12-16-21)30-26(18-9-13-20(34-3)14-10-18)25(28(32)29(30)33)27(31)24-22(35-4)7-6-8-23(24)36-5/h6-17,26,31H,1-5H3/b27-25+. The molecular weight excluding hydrogens is 474 g/mol. The zero-order valence-electron chi connectivity index (χ0n) is 21.3. The maximum atomic E-state index is 13.5. The number of carbonyl (C=O) groups excluding carboxylic acids is 2. The van der Waals surface area contributed by atoms with Crippen molar-refractivity contribution in [2.45, 2.75) is 26.0 Å². The van der Waals surface area contributed by atoms with Gasteiger partial charge in [0.1, 0.15) is 34.3 Å². The zero-order valence-corrected chi connectivity index (χ0v) is 21.3. The molecule has 8 nitrogen and oxygen atoms in total. The highest BCUT2D eigenvalue weighted by Crippen LogP contribution is 2.45. The molecule has 3 aromatic carbocycles. The molecule has 1 saturated heterocycles. The van der Waals surface area contributed by atoms with E-state index in [0.717, 1.165) is 0 Å². The van der Waals surface area contributed by atoms with Gasteiger partial charge in [-0.25, -0.2) is 0 Å². The predicted octanol–water partition coefficient (Wildman–Crippen LogP) is 5.13. The van der Waals surface area contributed by atoms with Gasteiger partial charge in [0, 0.05) is 5.69 Å². The third kappa shape index (κ3) is 4.82. The van der Waals surface area contributed by atoms with Gasteiger partial charge in [-0.15, -0.1) is 0 Å². The van der Waals surface area contributed by atoms with Gasteiger partial charge in [0.15, 0.2) is 0 Å². The van der Waals surface area contributed by atoms with Crippen LogP contribution in [-0.2, 0) is 9.59 Å². The minimum absolute atomic E-state index is 0.0183. The minimum atomic E-state index is -0.919. The topological polar surface area (TPSA) is 94.5 Å². The minimum Gasteiger partial charge on any atom is -0.506 e. The van der Waals surface area contributed by atoms with Crippen molar-refractivity contribution >= 4 is 23.1 Å². The van der Waals surface area contributed by atoms with Crippen LogP contribution < -0.4 is 23.8 Å². The molecule has 192 valence electrons. The molecule has 0 spiro atoms. The van der Waals surface area contributed by atoms with Gasteiger partial charge < -0.3 is 24.1 Å². The molecule has 1 N–H and O–H groups in total. The molecule has 1 amide bonds. The summed E-state index contributed by atoms with van der Waals surface area (Å²) in [5, 5.41) is 11.5. The molecule has 1 aliphatic heterocycles. The first kappa shape index (κ1) is 25.6. The van der Waals surface area contributed by atoms with E-state index in [-0.39, 0.29) is 17.2 Å². The van der Waals surface area contributed by atoms with E-state index in [2.05, 4.69) is 0 Å². The maximum absolute atomic E-state index is 13.5. The average Bonchev–Trinajstić information content (AvgIpc) is 3.18. The van der Waals surface area contributed by atoms with Crippen molar-refractivity contribution in [3.05, 3.63) is 83.4 Å². The van der Waals surface area contributed by atoms with E-state index >= 15 is 0 Å². The SMILES string of the molecule is COc1ccc(C2/C(=C(\O)c3c(OC)cccc3OC)C(=O)C(=O)N2c2ccc(OC(C)C)cc2)cc1. The molecule has 3 aromatic rings. The van der Waals surface area contributed by atoms with Crippen LogP contribution in [0.4, 0.5) is 5.69 Å². The van der Waals surface area contributed by atoms with Crippen molar-refractivity contribution in [1.29, 1.82) is 0 Å². The van der Waals surface area contributed by atoms with Gasteiger partial charge in [-0.2, -0.15) is 0 Å². The van der Waals surface area contributed by atoms with Gasteiger partial charge in [-0.3, -0.25) is 14.5 Å². The summed E-state index contributed by atoms with van der Waals surface area (Å²) in [6.07, 6.45) is -0.0183. The summed E-state index contributed by atoms with van der Waals surface area (Å²) in [7, 11) is 4.45. The summed E-state index contributed by atoms with van der Waals surface area (Å²) >= 11 is 0. The fourth-order valence-electron chi connectivity index (χ4n) is 4.38. The van der Waals surface area contributed by atoms with E-state index in [9.17, 15) is 14.7 Å². The van der Waals surface area contributed by atoms with E-state index in [1.165, 1.54) is 19.1 Å². The molecule has 0 saturated carbocycles. The Morgan fingerprint density at radius 1 is 0.811 bits per heavy atom. The van der Waals surface area contributed by atoms with Crippen molar-refractivity contribution in [3.8, 4) is 23.0 Å². The fraction of sp³-hybridized carbons (Fsp3) is 0.241. The number of amides is 1. The van der Waals surface area contributed by atoms with Crippen molar-refractivity contribution < 1.29 is 33.6 Å². The summed E-state index contributed by atoms with van der Waals surface area (Å²) in [5.74, 6) is -0.144. The Hall–Kier alpha value is -4.46. The van der Waals surface area contributed by atoms with Crippen LogP contribution in [-0.4, -0.2) is 44.2 Å². The molecule has 1 unspecified atom stereocenters. The molecule has 37 heavy (non-hydrogen) atoms. The summed E-state index contributed by atoms with van der Waals surface area (Å²) in [6.45, 7) is 3.84. The number of hydrogen-bond acceptors (Lipinski definition) is 7. The monoisotopic (exact) mass is 503 g/mol. The van der Waals surface area contributed by atoms with Gasteiger partial charge in [-0.05, 0) is 67.9 Å². The number of ketones is 1. The highest BCUT2D eigenvalue weighted by Gasteiger charge is 2.47.